The number of nitrogens with two attached hydrogens (primary N) is 1. The predicted molar refractivity (Wildman–Crippen MR) is 58.2 cm³/mol. The Morgan fingerprint density at radius 3 is 2.93 bits per heavy atom. The van der Waals surface area contributed by atoms with Crippen molar-refractivity contribution in [1.82, 2.24) is 9.78 Å². The Morgan fingerprint density at radius 2 is 2.21 bits per heavy atom. The third kappa shape index (κ3) is 1.30. The Kier molecular flexibility index (Phi) is 2.25. The summed E-state index contributed by atoms with van der Waals surface area (Å²) in [6.45, 7) is 2.77. The topological polar surface area (TPSA) is 43.8 Å². The van der Waals surface area contributed by atoms with Gasteiger partial charge >= 0.3 is 0 Å². The van der Waals surface area contributed by atoms with Crippen molar-refractivity contribution in [3.05, 3.63) is 29.5 Å². The molecule has 0 fully saturated rings. The number of aromatic nitrogens is 2. The van der Waals surface area contributed by atoms with Crippen LogP contribution in [0.25, 0.3) is 10.9 Å². The van der Waals surface area contributed by atoms with Crippen LogP contribution in [0.15, 0.2) is 18.2 Å². The largest absolute Gasteiger partial charge is 0.330 e. The van der Waals surface area contributed by atoms with E-state index in [1.807, 2.05) is 11.7 Å². The number of benzene rings is 1. The molecule has 0 spiro atoms. The fourth-order valence-corrected chi connectivity index (χ4v) is 1.89. The lowest BCUT2D eigenvalue weighted by atomic mass is 10.1. The van der Waals surface area contributed by atoms with Gasteiger partial charge in [0.15, 0.2) is 0 Å². The summed E-state index contributed by atoms with van der Waals surface area (Å²) in [6, 6.07) is 6.27. The van der Waals surface area contributed by atoms with Crippen LogP contribution in [0, 0.1) is 6.92 Å². The van der Waals surface area contributed by atoms with Gasteiger partial charge in [0.05, 0.1) is 11.2 Å². The molecule has 0 aliphatic carbocycles. The predicted octanol–water partition coefficient (Wildman–Crippen LogP) is 1.38. The van der Waals surface area contributed by atoms with Crippen LogP contribution in [0.3, 0.4) is 0 Å². The molecule has 0 atom stereocenters. The van der Waals surface area contributed by atoms with E-state index in [4.69, 9.17) is 5.73 Å². The molecule has 2 aromatic rings. The van der Waals surface area contributed by atoms with Gasteiger partial charge in [-0.15, -0.1) is 0 Å². The average molecular weight is 189 g/mol. The van der Waals surface area contributed by atoms with Gasteiger partial charge in [-0.25, -0.2) is 0 Å². The highest BCUT2D eigenvalue weighted by Crippen LogP contribution is 2.21. The lowest BCUT2D eigenvalue weighted by Crippen LogP contribution is -2.04. The first kappa shape index (κ1) is 9.21. The van der Waals surface area contributed by atoms with E-state index in [1.54, 1.807) is 0 Å². The van der Waals surface area contributed by atoms with Gasteiger partial charge in [0, 0.05) is 18.9 Å². The summed E-state index contributed by atoms with van der Waals surface area (Å²) in [5.41, 5.74) is 9.14. The van der Waals surface area contributed by atoms with Crippen LogP contribution in [0.2, 0.25) is 0 Å². The molecule has 0 amide bonds. The van der Waals surface area contributed by atoms with Crippen molar-refractivity contribution >= 4 is 10.9 Å². The molecule has 2 rings (SSSR count). The first-order valence-corrected chi connectivity index (χ1v) is 4.85. The van der Waals surface area contributed by atoms with Gasteiger partial charge in [-0.05, 0) is 25.1 Å². The summed E-state index contributed by atoms with van der Waals surface area (Å²) in [4.78, 5) is 0. The number of aryl methyl sites for hydroxylation is 2. The Bertz CT molecular complexity index is 457. The molecule has 3 nitrogen and oxygen atoms in total. The molecule has 1 heterocycles. The van der Waals surface area contributed by atoms with Crippen molar-refractivity contribution in [2.24, 2.45) is 12.8 Å². The van der Waals surface area contributed by atoms with Crippen LogP contribution in [0.4, 0.5) is 0 Å². The van der Waals surface area contributed by atoms with E-state index in [-0.39, 0.29) is 0 Å². The van der Waals surface area contributed by atoms with Crippen molar-refractivity contribution < 1.29 is 0 Å². The highest BCUT2D eigenvalue weighted by Gasteiger charge is 2.08. The van der Waals surface area contributed by atoms with Crippen LogP contribution in [-0.2, 0) is 13.5 Å². The number of fused-ring (bicyclic) bond motifs is 1. The third-order valence-electron chi connectivity index (χ3n) is 2.54. The first-order valence-electron chi connectivity index (χ1n) is 4.85. The Hall–Kier alpha value is -1.35. The van der Waals surface area contributed by atoms with Crippen molar-refractivity contribution in [3.8, 4) is 0 Å². The van der Waals surface area contributed by atoms with Crippen LogP contribution < -0.4 is 5.73 Å². The SMILES string of the molecule is Cc1cccc2c1c(CCN)nn2C. The highest BCUT2D eigenvalue weighted by atomic mass is 15.3. The number of rotatable bonds is 2. The molecule has 0 saturated carbocycles. The zero-order chi connectivity index (χ0) is 10.1. The third-order valence-corrected chi connectivity index (χ3v) is 2.54. The van der Waals surface area contributed by atoms with E-state index in [2.05, 4.69) is 30.2 Å². The lowest BCUT2D eigenvalue weighted by molar-refractivity contribution is 0.761. The fraction of sp³-hybridized carbons (Fsp3) is 0.364. The number of hydrogen-bond donors (Lipinski definition) is 1. The van der Waals surface area contributed by atoms with Gasteiger partial charge in [-0.3, -0.25) is 4.68 Å². The van der Waals surface area contributed by atoms with E-state index in [1.165, 1.54) is 16.5 Å². The second-order valence-electron chi connectivity index (χ2n) is 3.58. The van der Waals surface area contributed by atoms with Gasteiger partial charge in [0.2, 0.25) is 0 Å². The van der Waals surface area contributed by atoms with E-state index < -0.39 is 0 Å². The molecule has 0 bridgehead atoms. The molecule has 0 radical (unpaired) electrons. The summed E-state index contributed by atoms with van der Waals surface area (Å²) in [7, 11) is 1.97. The van der Waals surface area contributed by atoms with Gasteiger partial charge in [0.25, 0.3) is 0 Å². The maximum absolute atomic E-state index is 5.56. The minimum Gasteiger partial charge on any atom is -0.330 e. The maximum Gasteiger partial charge on any atom is 0.0718 e. The summed E-state index contributed by atoms with van der Waals surface area (Å²) >= 11 is 0. The zero-order valence-electron chi connectivity index (χ0n) is 8.62. The van der Waals surface area contributed by atoms with E-state index in [9.17, 15) is 0 Å². The second-order valence-corrected chi connectivity index (χ2v) is 3.58. The molecule has 1 aromatic heterocycles. The van der Waals surface area contributed by atoms with Gasteiger partial charge < -0.3 is 5.73 Å². The highest BCUT2D eigenvalue weighted by molar-refractivity contribution is 5.85. The van der Waals surface area contributed by atoms with E-state index >= 15 is 0 Å². The molecule has 0 unspecified atom stereocenters. The molecule has 74 valence electrons. The summed E-state index contributed by atoms with van der Waals surface area (Å²) < 4.78 is 1.92. The molecular weight excluding hydrogens is 174 g/mol. The van der Waals surface area contributed by atoms with Crippen molar-refractivity contribution in [1.29, 1.82) is 0 Å². The minimum absolute atomic E-state index is 0.653. The van der Waals surface area contributed by atoms with Crippen molar-refractivity contribution in [3.63, 3.8) is 0 Å². The smallest absolute Gasteiger partial charge is 0.0718 e. The normalized spacial score (nSPS) is 11.1. The average Bonchev–Trinajstić information content (AvgIpc) is 2.46. The molecule has 3 heteroatoms. The minimum atomic E-state index is 0.653. The van der Waals surface area contributed by atoms with Crippen LogP contribution in [0.5, 0.6) is 0 Å². The van der Waals surface area contributed by atoms with E-state index in [0.29, 0.717) is 6.54 Å². The van der Waals surface area contributed by atoms with Gasteiger partial charge in [-0.1, -0.05) is 12.1 Å². The second kappa shape index (κ2) is 3.42. The summed E-state index contributed by atoms with van der Waals surface area (Å²) in [5, 5.41) is 5.74. The molecule has 14 heavy (non-hydrogen) atoms. The molecule has 2 N–H and O–H groups in total. The zero-order valence-corrected chi connectivity index (χ0v) is 8.62. The van der Waals surface area contributed by atoms with Gasteiger partial charge in [0.1, 0.15) is 0 Å². The Balaban J connectivity index is 2.72. The van der Waals surface area contributed by atoms with Crippen molar-refractivity contribution in [2.75, 3.05) is 6.54 Å². The van der Waals surface area contributed by atoms with Crippen LogP contribution >= 0.6 is 0 Å². The molecule has 0 saturated heterocycles. The molecule has 1 aromatic carbocycles. The van der Waals surface area contributed by atoms with Crippen LogP contribution in [0.1, 0.15) is 11.3 Å². The monoisotopic (exact) mass is 189 g/mol. The van der Waals surface area contributed by atoms with Crippen LogP contribution in [-0.4, -0.2) is 16.3 Å². The summed E-state index contributed by atoms with van der Waals surface area (Å²) in [6.07, 6.45) is 0.849. The van der Waals surface area contributed by atoms with Gasteiger partial charge in [-0.2, -0.15) is 5.10 Å². The number of hydrogen-bond acceptors (Lipinski definition) is 2. The Labute approximate surface area is 83.5 Å². The summed E-state index contributed by atoms with van der Waals surface area (Å²) in [5.74, 6) is 0. The fourth-order valence-electron chi connectivity index (χ4n) is 1.89. The maximum atomic E-state index is 5.56. The number of nitrogens with zero attached hydrogens (tertiary/aromatic N) is 2. The lowest BCUT2D eigenvalue weighted by Gasteiger charge is -1.97. The molecule has 0 aliphatic heterocycles. The van der Waals surface area contributed by atoms with E-state index in [0.717, 1.165) is 12.1 Å². The standard InChI is InChI=1S/C11H15N3/c1-8-4-3-5-10-11(8)9(6-7-12)13-14(10)2/h3-5H,6-7,12H2,1-2H3. The molecule has 0 aliphatic rings. The first-order chi connectivity index (χ1) is 6.74. The quantitative estimate of drug-likeness (QED) is 0.775. The Morgan fingerprint density at radius 1 is 1.43 bits per heavy atom. The molecular formula is C11H15N3. The van der Waals surface area contributed by atoms with Crippen molar-refractivity contribution in [2.45, 2.75) is 13.3 Å².